The van der Waals surface area contributed by atoms with Gasteiger partial charge in [0.1, 0.15) is 0 Å². The van der Waals surface area contributed by atoms with E-state index in [0.29, 0.717) is 5.15 Å². The summed E-state index contributed by atoms with van der Waals surface area (Å²) >= 11 is 5.98. The highest BCUT2D eigenvalue weighted by Gasteiger charge is 2.16. The Bertz CT molecular complexity index is 335. The summed E-state index contributed by atoms with van der Waals surface area (Å²) in [7, 11) is 2.18. The number of hydrogen-bond acceptors (Lipinski definition) is 3. The lowest BCUT2D eigenvalue weighted by atomic mass is 9.97. The Morgan fingerprint density at radius 2 is 2.25 bits per heavy atom. The molecule has 0 spiro atoms. The SMILES string of the molecule is CN1CCC(CNc2cccnc2Cl)CC1. The molecule has 0 radical (unpaired) electrons. The van der Waals surface area contributed by atoms with E-state index >= 15 is 0 Å². The van der Waals surface area contributed by atoms with Gasteiger partial charge in [0.05, 0.1) is 5.69 Å². The van der Waals surface area contributed by atoms with E-state index in [0.717, 1.165) is 18.2 Å². The maximum atomic E-state index is 5.98. The zero-order valence-corrected chi connectivity index (χ0v) is 10.4. The number of hydrogen-bond donors (Lipinski definition) is 1. The molecule has 0 aliphatic carbocycles. The summed E-state index contributed by atoms with van der Waals surface area (Å²) in [6, 6.07) is 3.88. The van der Waals surface area contributed by atoms with E-state index in [1.807, 2.05) is 12.1 Å². The molecule has 2 heterocycles. The predicted octanol–water partition coefficient (Wildman–Crippen LogP) is 2.49. The van der Waals surface area contributed by atoms with Crippen LogP contribution in [0.15, 0.2) is 18.3 Å². The van der Waals surface area contributed by atoms with Gasteiger partial charge < -0.3 is 10.2 Å². The first-order chi connectivity index (χ1) is 7.75. The topological polar surface area (TPSA) is 28.2 Å². The number of nitrogens with zero attached hydrogens (tertiary/aromatic N) is 2. The molecule has 1 aliphatic heterocycles. The Hall–Kier alpha value is -0.800. The Balaban J connectivity index is 1.81. The summed E-state index contributed by atoms with van der Waals surface area (Å²) in [6.45, 7) is 3.40. The van der Waals surface area contributed by atoms with Crippen LogP contribution in [0.3, 0.4) is 0 Å². The molecule has 3 nitrogen and oxygen atoms in total. The first-order valence-electron chi connectivity index (χ1n) is 5.78. The van der Waals surface area contributed by atoms with Crippen LogP contribution in [0.1, 0.15) is 12.8 Å². The highest BCUT2D eigenvalue weighted by atomic mass is 35.5. The standard InChI is InChI=1S/C12H18ClN3/c1-16-7-4-10(5-8-16)9-15-11-3-2-6-14-12(11)13/h2-3,6,10,15H,4-5,7-9H2,1H3. The van der Waals surface area contributed by atoms with E-state index in [9.17, 15) is 0 Å². The van der Waals surface area contributed by atoms with E-state index in [1.165, 1.54) is 25.9 Å². The molecule has 0 atom stereocenters. The third-order valence-corrected chi connectivity index (χ3v) is 3.48. The van der Waals surface area contributed by atoms with E-state index in [2.05, 4.69) is 22.2 Å². The average Bonchev–Trinajstić information content (AvgIpc) is 2.30. The van der Waals surface area contributed by atoms with Gasteiger partial charge in [0.15, 0.2) is 5.15 Å². The van der Waals surface area contributed by atoms with E-state index < -0.39 is 0 Å². The fourth-order valence-corrected chi connectivity index (χ4v) is 2.22. The number of likely N-dealkylation sites (tertiary alicyclic amines) is 1. The van der Waals surface area contributed by atoms with Crippen molar-refractivity contribution in [1.29, 1.82) is 0 Å². The fraction of sp³-hybridized carbons (Fsp3) is 0.583. The normalized spacial score (nSPS) is 18.6. The number of anilines is 1. The van der Waals surface area contributed by atoms with Crippen molar-refractivity contribution in [3.8, 4) is 0 Å². The molecule has 1 fully saturated rings. The molecular formula is C12H18ClN3. The number of piperidine rings is 1. The Morgan fingerprint density at radius 3 is 2.94 bits per heavy atom. The minimum absolute atomic E-state index is 0.565. The van der Waals surface area contributed by atoms with Gasteiger partial charge in [-0.2, -0.15) is 0 Å². The van der Waals surface area contributed by atoms with E-state index in [-0.39, 0.29) is 0 Å². The monoisotopic (exact) mass is 239 g/mol. The van der Waals surface area contributed by atoms with Gasteiger partial charge >= 0.3 is 0 Å². The Morgan fingerprint density at radius 1 is 1.50 bits per heavy atom. The van der Waals surface area contributed by atoms with Crippen molar-refractivity contribution in [2.75, 3.05) is 32.0 Å². The van der Waals surface area contributed by atoms with Gasteiger partial charge in [-0.3, -0.25) is 0 Å². The lowest BCUT2D eigenvalue weighted by Gasteiger charge is -2.29. The van der Waals surface area contributed by atoms with Gasteiger partial charge in [-0.05, 0) is 51.0 Å². The number of rotatable bonds is 3. The zero-order valence-electron chi connectivity index (χ0n) is 9.62. The summed E-state index contributed by atoms with van der Waals surface area (Å²) in [5.74, 6) is 0.757. The molecule has 88 valence electrons. The maximum Gasteiger partial charge on any atom is 0.152 e. The Labute approximate surface area is 102 Å². The van der Waals surface area contributed by atoms with Crippen molar-refractivity contribution < 1.29 is 0 Å². The minimum atomic E-state index is 0.565. The van der Waals surface area contributed by atoms with Crippen LogP contribution >= 0.6 is 11.6 Å². The smallest absolute Gasteiger partial charge is 0.152 e. The molecule has 1 saturated heterocycles. The van der Waals surface area contributed by atoms with Crippen molar-refractivity contribution in [2.24, 2.45) is 5.92 Å². The second-order valence-electron chi connectivity index (χ2n) is 4.47. The first kappa shape index (κ1) is 11.7. The summed E-state index contributed by atoms with van der Waals surface area (Å²) < 4.78 is 0. The van der Waals surface area contributed by atoms with Crippen molar-refractivity contribution in [1.82, 2.24) is 9.88 Å². The van der Waals surface area contributed by atoms with Crippen LogP contribution in [0.2, 0.25) is 5.15 Å². The summed E-state index contributed by atoms with van der Waals surface area (Å²) in [4.78, 5) is 6.43. The molecule has 0 amide bonds. The second-order valence-corrected chi connectivity index (χ2v) is 4.83. The van der Waals surface area contributed by atoms with Crippen LogP contribution in [0.25, 0.3) is 0 Å². The summed E-state index contributed by atoms with van der Waals surface area (Å²) in [5.41, 5.74) is 0.947. The molecule has 2 rings (SSSR count). The maximum absolute atomic E-state index is 5.98. The lowest BCUT2D eigenvalue weighted by molar-refractivity contribution is 0.226. The highest BCUT2D eigenvalue weighted by Crippen LogP contribution is 2.20. The summed E-state index contributed by atoms with van der Waals surface area (Å²) in [6.07, 6.45) is 4.24. The molecule has 0 saturated carbocycles. The molecule has 1 aromatic heterocycles. The number of halogens is 1. The number of nitrogens with one attached hydrogen (secondary N) is 1. The third-order valence-electron chi connectivity index (χ3n) is 3.18. The largest absolute Gasteiger partial charge is 0.382 e. The zero-order chi connectivity index (χ0) is 11.4. The molecule has 16 heavy (non-hydrogen) atoms. The number of aromatic nitrogens is 1. The molecule has 0 aromatic carbocycles. The van der Waals surface area contributed by atoms with Crippen molar-refractivity contribution >= 4 is 17.3 Å². The fourth-order valence-electron chi connectivity index (χ4n) is 2.04. The van der Waals surface area contributed by atoms with E-state index in [1.54, 1.807) is 6.20 Å². The van der Waals surface area contributed by atoms with Crippen LogP contribution in [0, 0.1) is 5.92 Å². The van der Waals surface area contributed by atoms with Gasteiger partial charge in [-0.1, -0.05) is 11.6 Å². The van der Waals surface area contributed by atoms with Crippen LogP contribution in [0.5, 0.6) is 0 Å². The van der Waals surface area contributed by atoms with Crippen molar-refractivity contribution in [3.05, 3.63) is 23.5 Å². The molecule has 1 aromatic rings. The van der Waals surface area contributed by atoms with Crippen LogP contribution < -0.4 is 5.32 Å². The van der Waals surface area contributed by atoms with Gasteiger partial charge in [0, 0.05) is 12.7 Å². The van der Waals surface area contributed by atoms with Crippen LogP contribution in [-0.4, -0.2) is 36.6 Å². The molecule has 0 unspecified atom stereocenters. The predicted molar refractivity (Wildman–Crippen MR) is 68.0 cm³/mol. The highest BCUT2D eigenvalue weighted by molar-refractivity contribution is 6.31. The third kappa shape index (κ3) is 3.09. The average molecular weight is 240 g/mol. The van der Waals surface area contributed by atoms with Crippen molar-refractivity contribution in [2.45, 2.75) is 12.8 Å². The molecule has 1 N–H and O–H groups in total. The first-order valence-corrected chi connectivity index (χ1v) is 6.16. The molecule has 0 bridgehead atoms. The number of pyridine rings is 1. The molecular weight excluding hydrogens is 222 g/mol. The summed E-state index contributed by atoms with van der Waals surface area (Å²) in [5, 5.41) is 3.95. The molecule has 4 heteroatoms. The Kier molecular flexibility index (Phi) is 4.02. The minimum Gasteiger partial charge on any atom is -0.382 e. The van der Waals surface area contributed by atoms with Crippen LogP contribution in [0.4, 0.5) is 5.69 Å². The molecule has 1 aliphatic rings. The van der Waals surface area contributed by atoms with Crippen LogP contribution in [-0.2, 0) is 0 Å². The van der Waals surface area contributed by atoms with Gasteiger partial charge in [-0.25, -0.2) is 4.98 Å². The van der Waals surface area contributed by atoms with Crippen molar-refractivity contribution in [3.63, 3.8) is 0 Å². The second kappa shape index (κ2) is 5.51. The quantitative estimate of drug-likeness (QED) is 0.822. The van der Waals surface area contributed by atoms with Gasteiger partial charge in [0.2, 0.25) is 0 Å². The van der Waals surface area contributed by atoms with E-state index in [4.69, 9.17) is 11.6 Å². The lowest BCUT2D eigenvalue weighted by Crippen LogP contribution is -2.32. The van der Waals surface area contributed by atoms with Gasteiger partial charge in [0.25, 0.3) is 0 Å². The van der Waals surface area contributed by atoms with Gasteiger partial charge in [-0.15, -0.1) is 0 Å².